The average Bonchev–Trinajstić information content (AvgIpc) is 3.57. The molecule has 4 aromatic rings. The normalized spacial score (nSPS) is 16.5. The van der Waals surface area contributed by atoms with Gasteiger partial charge in [0.25, 0.3) is 5.56 Å². The molecule has 1 saturated heterocycles. The monoisotopic (exact) mass is 501 g/mol. The summed E-state index contributed by atoms with van der Waals surface area (Å²) >= 11 is 0. The number of nitrogens with zero attached hydrogens (tertiary/aromatic N) is 5. The van der Waals surface area contributed by atoms with Crippen LogP contribution >= 0.6 is 0 Å². The number of fused-ring (bicyclic) bond motifs is 2. The van der Waals surface area contributed by atoms with Gasteiger partial charge in [0.2, 0.25) is 0 Å². The number of unbranched alkanes of at least 4 members (excludes halogenated alkanes) is 1. The highest BCUT2D eigenvalue weighted by Crippen LogP contribution is 2.29. The lowest BCUT2D eigenvalue weighted by molar-refractivity contribution is 0.298. The number of aryl methyl sites for hydroxylation is 1. The van der Waals surface area contributed by atoms with E-state index in [1.165, 1.54) is 12.8 Å². The highest BCUT2D eigenvalue weighted by Gasteiger charge is 2.31. The Bertz CT molecular complexity index is 1630. The van der Waals surface area contributed by atoms with Crippen LogP contribution in [0, 0.1) is 11.3 Å². The number of hydrogen-bond donors (Lipinski definition) is 0. The number of hydrazone groups is 1. The van der Waals surface area contributed by atoms with Crippen molar-refractivity contribution in [2.45, 2.75) is 58.0 Å². The van der Waals surface area contributed by atoms with Crippen molar-refractivity contribution in [3.05, 3.63) is 99.6 Å². The fourth-order valence-electron chi connectivity index (χ4n) is 5.69. The fourth-order valence-corrected chi connectivity index (χ4v) is 5.69. The molecule has 190 valence electrons. The van der Waals surface area contributed by atoms with E-state index in [-0.39, 0.29) is 5.56 Å². The van der Waals surface area contributed by atoms with Gasteiger partial charge in [-0.3, -0.25) is 14.4 Å². The topological polar surface area (TPSA) is 74.3 Å². The minimum Gasteiger partial charge on any atom is -0.293 e. The van der Waals surface area contributed by atoms with Crippen LogP contribution in [0.5, 0.6) is 0 Å². The predicted octanol–water partition coefficient (Wildman–Crippen LogP) is 5.90. The minimum absolute atomic E-state index is 0.000882. The summed E-state index contributed by atoms with van der Waals surface area (Å²) in [5.74, 6) is 0.829. The molecule has 0 spiro atoms. The molecule has 0 aliphatic carbocycles. The van der Waals surface area contributed by atoms with Crippen molar-refractivity contribution in [1.82, 2.24) is 14.6 Å². The number of hydrogen-bond acceptors (Lipinski definition) is 5. The van der Waals surface area contributed by atoms with Gasteiger partial charge in [-0.1, -0.05) is 61.9 Å². The second kappa shape index (κ2) is 10.3. The van der Waals surface area contributed by atoms with Crippen molar-refractivity contribution in [2.24, 2.45) is 5.10 Å². The van der Waals surface area contributed by atoms with Crippen LogP contribution in [0.2, 0.25) is 0 Å². The van der Waals surface area contributed by atoms with Gasteiger partial charge in [0.05, 0.1) is 40.8 Å². The summed E-state index contributed by atoms with van der Waals surface area (Å²) < 4.78 is 1.84. The van der Waals surface area contributed by atoms with Gasteiger partial charge in [-0.25, -0.2) is 4.98 Å². The van der Waals surface area contributed by atoms with Crippen molar-refractivity contribution >= 4 is 16.6 Å². The fraction of sp³-hybridized carbons (Fsp3) is 0.312. The molecule has 1 aromatic heterocycles. The van der Waals surface area contributed by atoms with Gasteiger partial charge >= 0.3 is 0 Å². The van der Waals surface area contributed by atoms with Crippen LogP contribution in [0.3, 0.4) is 0 Å². The molecule has 2 aliphatic heterocycles. The second-order valence-electron chi connectivity index (χ2n) is 10.3. The van der Waals surface area contributed by atoms with Crippen LogP contribution in [0.15, 0.2) is 76.6 Å². The van der Waals surface area contributed by atoms with E-state index >= 15 is 0 Å². The molecule has 1 atom stereocenters. The maximum absolute atomic E-state index is 13.9. The Labute approximate surface area is 222 Å². The lowest BCUT2D eigenvalue weighted by atomic mass is 9.99. The molecule has 38 heavy (non-hydrogen) atoms. The van der Waals surface area contributed by atoms with Crippen molar-refractivity contribution in [2.75, 3.05) is 6.54 Å². The lowest BCUT2D eigenvalue weighted by Gasteiger charge is -2.15. The number of benzene rings is 3. The first kappa shape index (κ1) is 24.1. The maximum atomic E-state index is 13.9. The Morgan fingerprint density at radius 3 is 2.66 bits per heavy atom. The molecule has 0 radical (unpaired) electrons. The molecule has 3 heterocycles. The van der Waals surface area contributed by atoms with E-state index in [0.29, 0.717) is 23.5 Å². The Morgan fingerprint density at radius 2 is 1.87 bits per heavy atom. The zero-order valence-corrected chi connectivity index (χ0v) is 21.7. The van der Waals surface area contributed by atoms with Gasteiger partial charge in [0.15, 0.2) is 0 Å². The maximum Gasteiger partial charge on any atom is 0.261 e. The Balaban J connectivity index is 1.36. The number of aromatic nitrogens is 2. The van der Waals surface area contributed by atoms with Crippen molar-refractivity contribution in [1.29, 1.82) is 5.26 Å². The van der Waals surface area contributed by atoms with Crippen LogP contribution in [0.4, 0.5) is 0 Å². The van der Waals surface area contributed by atoms with Gasteiger partial charge in [-0.2, -0.15) is 10.4 Å². The summed E-state index contributed by atoms with van der Waals surface area (Å²) in [6.45, 7) is 3.64. The third-order valence-corrected chi connectivity index (χ3v) is 7.80. The van der Waals surface area contributed by atoms with Gasteiger partial charge in [0.1, 0.15) is 5.82 Å². The molecule has 0 amide bonds. The van der Waals surface area contributed by atoms with E-state index < -0.39 is 0 Å². The van der Waals surface area contributed by atoms with Crippen LogP contribution in [0.25, 0.3) is 22.0 Å². The molecular weight excluding hydrogens is 470 g/mol. The third-order valence-electron chi connectivity index (χ3n) is 7.80. The van der Waals surface area contributed by atoms with E-state index in [1.54, 1.807) is 0 Å². The minimum atomic E-state index is 0.000882. The highest BCUT2D eigenvalue weighted by molar-refractivity contribution is 6.04. The Hall–Kier alpha value is -4.24. The summed E-state index contributed by atoms with van der Waals surface area (Å²) in [5.41, 5.74) is 6.44. The molecular formula is C32H31N5O. The summed E-state index contributed by atoms with van der Waals surface area (Å²) in [5, 5.41) is 17.2. The van der Waals surface area contributed by atoms with Gasteiger partial charge < -0.3 is 0 Å². The average molecular weight is 502 g/mol. The molecule has 3 aromatic carbocycles. The molecule has 6 nitrogen and oxygen atoms in total. The molecule has 6 rings (SSSR count). The molecule has 1 fully saturated rings. The van der Waals surface area contributed by atoms with Gasteiger partial charge in [-0.15, -0.1) is 0 Å². The summed E-state index contributed by atoms with van der Waals surface area (Å²) in [4.78, 5) is 18.8. The summed E-state index contributed by atoms with van der Waals surface area (Å²) in [6, 6.07) is 24.6. The zero-order chi connectivity index (χ0) is 26.1. The largest absolute Gasteiger partial charge is 0.293 e. The first-order valence-corrected chi connectivity index (χ1v) is 13.6. The van der Waals surface area contributed by atoms with E-state index in [4.69, 9.17) is 10.1 Å². The van der Waals surface area contributed by atoms with Crippen LogP contribution in [0.1, 0.15) is 61.5 Å². The van der Waals surface area contributed by atoms with E-state index in [0.717, 1.165) is 71.5 Å². The Morgan fingerprint density at radius 1 is 1.05 bits per heavy atom. The standard InChI is InChI=1S/C32H31N5O/c1-2-3-10-31-34-29-16-15-24(30-19-26-8-6-17-37(26)35-30)18-28(29)32(38)36(31)21-22-11-13-23(14-12-22)27-9-5-4-7-25(27)20-33/h4-5,7,9,11-16,18,26H,2-3,6,8,10,17,19,21H2,1H3. The summed E-state index contributed by atoms with van der Waals surface area (Å²) in [7, 11) is 0. The number of rotatable bonds is 7. The van der Waals surface area contributed by atoms with E-state index in [1.807, 2.05) is 65.2 Å². The molecule has 0 bridgehead atoms. The lowest BCUT2D eigenvalue weighted by Crippen LogP contribution is -2.26. The van der Waals surface area contributed by atoms with Crippen LogP contribution in [-0.2, 0) is 13.0 Å². The molecule has 6 heteroatoms. The number of nitriles is 1. The molecule has 0 saturated carbocycles. The second-order valence-corrected chi connectivity index (χ2v) is 10.3. The first-order chi connectivity index (χ1) is 18.6. The van der Waals surface area contributed by atoms with Crippen molar-refractivity contribution in [3.8, 4) is 17.2 Å². The zero-order valence-electron chi connectivity index (χ0n) is 21.7. The van der Waals surface area contributed by atoms with Crippen molar-refractivity contribution in [3.63, 3.8) is 0 Å². The van der Waals surface area contributed by atoms with E-state index in [2.05, 4.69) is 24.1 Å². The van der Waals surface area contributed by atoms with Crippen LogP contribution in [-0.4, -0.2) is 32.9 Å². The first-order valence-electron chi connectivity index (χ1n) is 13.6. The smallest absolute Gasteiger partial charge is 0.261 e. The molecule has 1 unspecified atom stereocenters. The Kier molecular flexibility index (Phi) is 6.51. The van der Waals surface area contributed by atoms with Gasteiger partial charge in [0, 0.05) is 19.4 Å². The molecule has 0 N–H and O–H groups in total. The van der Waals surface area contributed by atoms with Gasteiger partial charge in [-0.05, 0) is 59.7 Å². The highest BCUT2D eigenvalue weighted by atomic mass is 16.1. The van der Waals surface area contributed by atoms with E-state index in [9.17, 15) is 10.1 Å². The van der Waals surface area contributed by atoms with Crippen molar-refractivity contribution < 1.29 is 0 Å². The molecule has 2 aliphatic rings. The van der Waals surface area contributed by atoms with Crippen LogP contribution < -0.4 is 5.56 Å². The third kappa shape index (κ3) is 4.50. The predicted molar refractivity (Wildman–Crippen MR) is 151 cm³/mol. The quantitative estimate of drug-likeness (QED) is 0.316. The SMILES string of the molecule is CCCCc1nc2ccc(C3=NN4CCCC4C3)cc2c(=O)n1Cc1ccc(-c2ccccc2C#N)cc1. The summed E-state index contributed by atoms with van der Waals surface area (Å²) in [6.07, 6.45) is 6.13.